The molecule has 1 heterocycles. The Kier molecular flexibility index (Phi) is 22.2. The number of hydrogen-bond acceptors (Lipinski definition) is 13. The van der Waals surface area contributed by atoms with Crippen LogP contribution < -0.4 is 11.1 Å². The Morgan fingerprint density at radius 2 is 1.22 bits per heavy atom. The second-order valence-electron chi connectivity index (χ2n) is 11.6. The van der Waals surface area contributed by atoms with E-state index in [0.29, 0.717) is 39.2 Å². The molecule has 0 radical (unpaired) electrons. The number of carboxylic acids is 1. The zero-order valence-electron chi connectivity index (χ0n) is 28.3. The second kappa shape index (κ2) is 25.6. The molecule has 15 nitrogen and oxygen atoms in total. The molecule has 0 saturated carbocycles. The highest BCUT2D eigenvalue weighted by atomic mass is 16.5. The van der Waals surface area contributed by atoms with E-state index in [-0.39, 0.29) is 43.7 Å². The predicted molar refractivity (Wildman–Crippen MR) is 177 cm³/mol. The number of rotatable bonds is 13. The lowest BCUT2D eigenvalue weighted by atomic mass is 10.0. The molecule has 0 aromatic heterocycles. The van der Waals surface area contributed by atoms with Crippen LogP contribution in [0.2, 0.25) is 0 Å². The number of carboxylic acid groups (broad SMARTS) is 1. The van der Waals surface area contributed by atoms with E-state index < -0.39 is 12.0 Å². The first-order valence-electron chi connectivity index (χ1n) is 15.8. The maximum Gasteiger partial charge on any atom is 0.373 e. The third-order valence-electron chi connectivity index (χ3n) is 7.66. The number of Topliss-reactive ketones (excluding diaryl/α,β-unsaturated/α-hetero) is 1. The molecular formula is C34H48N6O9. The molecule has 1 atom stereocenters. The first kappa shape index (κ1) is 42.6. The van der Waals surface area contributed by atoms with Crippen LogP contribution in [0.3, 0.4) is 0 Å². The number of aliphatic carboxylic acids is 1. The summed E-state index contributed by atoms with van der Waals surface area (Å²) in [4.78, 5) is 77.7. The summed E-state index contributed by atoms with van der Waals surface area (Å²) < 4.78 is 5.53. The number of amides is 1. The molecule has 2 aromatic rings. The van der Waals surface area contributed by atoms with Crippen molar-refractivity contribution in [3.8, 4) is 0 Å². The van der Waals surface area contributed by atoms with Gasteiger partial charge in [0.25, 0.3) is 0 Å². The van der Waals surface area contributed by atoms with E-state index in [1.807, 2.05) is 59.5 Å². The molecule has 3 rings (SSSR count). The minimum atomic E-state index is -0.841. The van der Waals surface area contributed by atoms with Gasteiger partial charge >= 0.3 is 18.3 Å². The molecular weight excluding hydrogens is 636 g/mol. The van der Waals surface area contributed by atoms with E-state index in [1.165, 1.54) is 0 Å². The van der Waals surface area contributed by atoms with Gasteiger partial charge in [0, 0.05) is 58.9 Å². The summed E-state index contributed by atoms with van der Waals surface area (Å²) in [5, 5.41) is 12.3. The molecule has 1 fully saturated rings. The minimum absolute atomic E-state index is 0.00905. The Labute approximate surface area is 286 Å². The summed E-state index contributed by atoms with van der Waals surface area (Å²) in [5.74, 6) is -1.06. The van der Waals surface area contributed by atoms with E-state index in [2.05, 4.69) is 34.1 Å². The van der Waals surface area contributed by atoms with Gasteiger partial charge in [0.1, 0.15) is 6.61 Å². The first-order chi connectivity index (χ1) is 23.5. The Morgan fingerprint density at radius 1 is 0.755 bits per heavy atom. The number of nitrogens with one attached hydrogen (secondary N) is 1. The summed E-state index contributed by atoms with van der Waals surface area (Å²) in [6.07, 6.45) is 0.915. The van der Waals surface area contributed by atoms with Crippen LogP contribution >= 0.6 is 0 Å². The number of likely N-dealkylation sites (N-methyl/N-ethyl adjacent to an activating group) is 2. The summed E-state index contributed by atoms with van der Waals surface area (Å²) in [5.41, 5.74) is 9.03. The summed E-state index contributed by atoms with van der Waals surface area (Å²) in [6.45, 7) is 7.00. The van der Waals surface area contributed by atoms with Crippen molar-refractivity contribution in [3.05, 3.63) is 71.3 Å². The molecule has 1 amide bonds. The summed E-state index contributed by atoms with van der Waals surface area (Å²) in [6, 6.07) is 16.8. The Balaban J connectivity index is 0.00000186. The number of carbonyl (C=O) groups is 3. The number of ether oxygens (including phenoxy) is 1. The fourth-order valence-electron chi connectivity index (χ4n) is 4.77. The smallest absolute Gasteiger partial charge is 0.373 e. The molecule has 0 unspecified atom stereocenters. The zero-order chi connectivity index (χ0) is 36.4. The molecule has 268 valence electrons. The maximum atomic E-state index is 12.9. The minimum Gasteiger partial charge on any atom is -0.480 e. The number of benzene rings is 2. The number of ketones is 1. The largest absolute Gasteiger partial charge is 0.480 e. The number of nitrogens with two attached hydrogens (primary N) is 1. The van der Waals surface area contributed by atoms with Crippen LogP contribution in [0, 0.1) is 0 Å². The van der Waals surface area contributed by atoms with Crippen molar-refractivity contribution >= 4 is 30.0 Å². The molecule has 49 heavy (non-hydrogen) atoms. The van der Waals surface area contributed by atoms with E-state index in [0.717, 1.165) is 49.4 Å². The van der Waals surface area contributed by atoms with Crippen LogP contribution in [0.15, 0.2) is 54.6 Å². The van der Waals surface area contributed by atoms with E-state index in [1.54, 1.807) is 0 Å². The summed E-state index contributed by atoms with van der Waals surface area (Å²) in [7, 11) is 4.14. The molecule has 15 heteroatoms. The van der Waals surface area contributed by atoms with Gasteiger partial charge in [-0.05, 0) is 37.2 Å². The van der Waals surface area contributed by atoms with E-state index >= 15 is 0 Å². The van der Waals surface area contributed by atoms with Crippen LogP contribution in [-0.4, -0.2) is 147 Å². The highest BCUT2D eigenvalue weighted by Crippen LogP contribution is 2.08. The molecule has 4 N–H and O–H groups in total. The Hall–Kier alpha value is -4.43. The average molecular weight is 685 g/mol. The number of nitrogens with zero attached hydrogens (tertiary/aromatic N) is 4. The highest BCUT2D eigenvalue weighted by Gasteiger charge is 2.18. The van der Waals surface area contributed by atoms with Crippen LogP contribution in [0.5, 0.6) is 0 Å². The van der Waals surface area contributed by atoms with Crippen LogP contribution in [0.4, 0.5) is 0 Å². The Morgan fingerprint density at radius 3 is 1.76 bits per heavy atom. The second-order valence-corrected chi connectivity index (χ2v) is 11.6. The molecule has 0 bridgehead atoms. The van der Waals surface area contributed by atoms with E-state index in [4.69, 9.17) is 29.6 Å². The van der Waals surface area contributed by atoms with Crippen molar-refractivity contribution in [3.63, 3.8) is 0 Å². The molecule has 1 aliphatic heterocycles. The van der Waals surface area contributed by atoms with Gasteiger partial charge in [-0.15, -0.1) is 0 Å². The lowest BCUT2D eigenvalue weighted by molar-refractivity contribution is -0.193. The van der Waals surface area contributed by atoms with Gasteiger partial charge in [-0.2, -0.15) is 19.2 Å². The van der Waals surface area contributed by atoms with Crippen molar-refractivity contribution in [2.75, 3.05) is 86.1 Å². The van der Waals surface area contributed by atoms with Gasteiger partial charge in [0.2, 0.25) is 5.91 Å². The average Bonchev–Trinajstić information content (AvgIpc) is 3.07. The SMILES string of the molecule is CN1CCN(C)CCN(CC(=O)NCc2ccc(C[C@@H](N)C(=O)COCc3ccccc3)cc2)CCN(CC(=O)O)CC1.O=C=O.O=C=O. The van der Waals surface area contributed by atoms with Gasteiger partial charge in [0.05, 0.1) is 25.7 Å². The number of carbonyl (C=O) groups excluding carboxylic acids is 6. The van der Waals surface area contributed by atoms with Gasteiger partial charge in [-0.25, -0.2) is 0 Å². The zero-order valence-corrected chi connectivity index (χ0v) is 28.3. The van der Waals surface area contributed by atoms with Gasteiger partial charge < -0.3 is 30.7 Å². The van der Waals surface area contributed by atoms with Gasteiger partial charge in [0.15, 0.2) is 5.78 Å². The van der Waals surface area contributed by atoms with Crippen molar-refractivity contribution in [1.82, 2.24) is 24.9 Å². The highest BCUT2D eigenvalue weighted by molar-refractivity contribution is 5.85. The van der Waals surface area contributed by atoms with Crippen LogP contribution in [0.1, 0.15) is 16.7 Å². The standard InChI is InChI=1S/C32H48N6O5.2CO2/c1-35-12-13-36(2)15-17-38(23-32(41)42)19-18-37(16-14-35)22-31(40)34-21-27-10-8-26(9-11-27)20-29(33)30(39)25-43-24-28-6-4-3-5-7-28;2*2-1-3/h3-11,29H,12-25,33H2,1-2H3,(H,34,40)(H,41,42);;/t29-;;/m1../s1. The van der Waals surface area contributed by atoms with Crippen molar-refractivity contribution in [1.29, 1.82) is 0 Å². The van der Waals surface area contributed by atoms with Crippen molar-refractivity contribution in [2.24, 2.45) is 5.73 Å². The predicted octanol–water partition coefficient (Wildman–Crippen LogP) is -0.643. The van der Waals surface area contributed by atoms with Crippen molar-refractivity contribution < 1.29 is 43.4 Å². The van der Waals surface area contributed by atoms with Crippen molar-refractivity contribution in [2.45, 2.75) is 25.6 Å². The Bertz CT molecular complexity index is 1310. The molecule has 1 aliphatic rings. The lowest BCUT2D eigenvalue weighted by Gasteiger charge is -2.31. The normalized spacial score (nSPS) is 15.7. The number of hydrogen-bond donors (Lipinski definition) is 3. The quantitative estimate of drug-likeness (QED) is 0.241. The van der Waals surface area contributed by atoms with Gasteiger partial charge in [-0.1, -0.05) is 54.6 Å². The van der Waals surface area contributed by atoms with Crippen LogP contribution in [0.25, 0.3) is 0 Å². The van der Waals surface area contributed by atoms with E-state index in [9.17, 15) is 19.5 Å². The molecule has 2 aromatic carbocycles. The fourth-order valence-corrected chi connectivity index (χ4v) is 4.77. The fraction of sp³-hybridized carbons (Fsp3) is 0.500. The molecule has 0 aliphatic carbocycles. The third-order valence-corrected chi connectivity index (χ3v) is 7.66. The topological polar surface area (TPSA) is 200 Å². The monoisotopic (exact) mass is 684 g/mol. The lowest BCUT2D eigenvalue weighted by Crippen LogP contribution is -2.47. The van der Waals surface area contributed by atoms with Crippen LogP contribution in [-0.2, 0) is 57.9 Å². The maximum absolute atomic E-state index is 12.9. The summed E-state index contributed by atoms with van der Waals surface area (Å²) >= 11 is 0. The molecule has 1 saturated heterocycles. The molecule has 0 spiro atoms. The van der Waals surface area contributed by atoms with Gasteiger partial charge in [-0.3, -0.25) is 24.2 Å². The first-order valence-corrected chi connectivity index (χ1v) is 15.8. The third kappa shape index (κ3) is 20.5.